The molecule has 0 atom stereocenters. The highest BCUT2D eigenvalue weighted by Crippen LogP contribution is 2.37. The minimum absolute atomic E-state index is 0.0207. The molecule has 0 aromatic heterocycles. The van der Waals surface area contributed by atoms with Crippen LogP contribution in [-0.2, 0) is 14.8 Å². The van der Waals surface area contributed by atoms with Gasteiger partial charge in [-0.05, 0) is 24.3 Å². The highest BCUT2D eigenvalue weighted by Gasteiger charge is 2.23. The highest BCUT2D eigenvalue weighted by molar-refractivity contribution is 7.92. The van der Waals surface area contributed by atoms with Crippen LogP contribution in [0, 0.1) is 0 Å². The average Bonchev–Trinajstić information content (AvgIpc) is 2.64. The van der Waals surface area contributed by atoms with E-state index in [1.165, 1.54) is 38.5 Å². The molecule has 146 valence electrons. The lowest BCUT2D eigenvalue weighted by atomic mass is 10.2. The van der Waals surface area contributed by atoms with Crippen LogP contribution in [0.25, 0.3) is 0 Å². The lowest BCUT2D eigenvalue weighted by Crippen LogP contribution is -2.28. The third-order valence-electron chi connectivity index (χ3n) is 3.53. The summed E-state index contributed by atoms with van der Waals surface area (Å²) in [5.74, 6) is -0.192. The molecule has 0 aliphatic rings. The second kappa shape index (κ2) is 9.27. The Kier molecular flexibility index (Phi) is 7.32. The van der Waals surface area contributed by atoms with Gasteiger partial charge in [-0.1, -0.05) is 35.3 Å². The van der Waals surface area contributed by atoms with Crippen LogP contribution >= 0.6 is 23.2 Å². The zero-order chi connectivity index (χ0) is 20.0. The number of carbonyl (C=O) groups is 1. The molecule has 0 unspecified atom stereocenters. The van der Waals surface area contributed by atoms with Crippen molar-refractivity contribution in [1.29, 1.82) is 0 Å². The maximum Gasteiger partial charge on any atom is 0.263 e. The Morgan fingerprint density at radius 3 is 2.44 bits per heavy atom. The van der Waals surface area contributed by atoms with Crippen LogP contribution < -0.4 is 14.8 Å². The van der Waals surface area contributed by atoms with Crippen LogP contribution in [0.5, 0.6) is 5.75 Å². The van der Waals surface area contributed by atoms with Crippen molar-refractivity contribution in [2.45, 2.75) is 4.90 Å². The van der Waals surface area contributed by atoms with E-state index in [0.717, 1.165) is 0 Å². The van der Waals surface area contributed by atoms with Crippen molar-refractivity contribution >= 4 is 44.8 Å². The Labute approximate surface area is 167 Å². The van der Waals surface area contributed by atoms with Crippen LogP contribution in [0.3, 0.4) is 0 Å². The van der Waals surface area contributed by atoms with E-state index in [2.05, 4.69) is 10.0 Å². The Morgan fingerprint density at radius 1 is 1.07 bits per heavy atom. The summed E-state index contributed by atoms with van der Waals surface area (Å²) in [6, 6.07) is 8.87. The Bertz CT molecular complexity index is 935. The van der Waals surface area contributed by atoms with Crippen molar-refractivity contribution in [3.63, 3.8) is 0 Å². The number of benzene rings is 2. The minimum Gasteiger partial charge on any atom is -0.495 e. The first-order valence-corrected chi connectivity index (χ1v) is 9.96. The molecule has 0 aliphatic carbocycles. The molecule has 27 heavy (non-hydrogen) atoms. The number of hydrogen-bond acceptors (Lipinski definition) is 5. The van der Waals surface area contributed by atoms with E-state index >= 15 is 0 Å². The van der Waals surface area contributed by atoms with E-state index in [1.54, 1.807) is 12.1 Å². The first kappa shape index (κ1) is 21.3. The largest absolute Gasteiger partial charge is 0.495 e. The van der Waals surface area contributed by atoms with E-state index < -0.39 is 15.9 Å². The standard InChI is InChI=1S/C17H18Cl2N2O5S/c1-25-10-9-20-17(22)11-5-3-4-6-12(11)21-27(23,24)14-8-7-13(26-2)15(18)16(14)19/h3-8,21H,9-10H2,1-2H3,(H,20,22). The molecule has 2 rings (SSSR count). The zero-order valence-electron chi connectivity index (χ0n) is 14.6. The van der Waals surface area contributed by atoms with Gasteiger partial charge in [0, 0.05) is 13.7 Å². The molecule has 0 fully saturated rings. The number of ether oxygens (including phenoxy) is 2. The molecule has 0 bridgehead atoms. The number of hydrogen-bond donors (Lipinski definition) is 2. The van der Waals surface area contributed by atoms with Gasteiger partial charge < -0.3 is 14.8 Å². The highest BCUT2D eigenvalue weighted by atomic mass is 35.5. The molecular weight excluding hydrogens is 415 g/mol. The molecule has 2 aromatic carbocycles. The van der Waals surface area contributed by atoms with Gasteiger partial charge in [0.2, 0.25) is 0 Å². The molecule has 1 amide bonds. The quantitative estimate of drug-likeness (QED) is 0.624. The fourth-order valence-electron chi connectivity index (χ4n) is 2.21. The van der Waals surface area contributed by atoms with Crippen LogP contribution in [0.1, 0.15) is 10.4 Å². The first-order chi connectivity index (χ1) is 12.8. The summed E-state index contributed by atoms with van der Waals surface area (Å²) in [5, 5.41) is 2.44. The van der Waals surface area contributed by atoms with E-state index in [4.69, 9.17) is 32.7 Å². The van der Waals surface area contributed by atoms with Crippen molar-refractivity contribution in [2.75, 3.05) is 32.1 Å². The molecule has 0 aliphatic heterocycles. The Balaban J connectivity index is 2.34. The predicted molar refractivity (Wildman–Crippen MR) is 104 cm³/mol. The summed E-state index contributed by atoms with van der Waals surface area (Å²) in [6.45, 7) is 0.621. The molecule has 10 heteroatoms. The van der Waals surface area contributed by atoms with E-state index in [-0.39, 0.29) is 38.5 Å². The summed E-state index contributed by atoms with van der Waals surface area (Å²) >= 11 is 12.1. The normalized spacial score (nSPS) is 11.1. The van der Waals surface area contributed by atoms with Gasteiger partial charge in [0.05, 0.1) is 30.0 Å². The molecule has 0 radical (unpaired) electrons. The topological polar surface area (TPSA) is 93.7 Å². The van der Waals surface area contributed by atoms with Gasteiger partial charge >= 0.3 is 0 Å². The van der Waals surface area contributed by atoms with Gasteiger partial charge in [-0.2, -0.15) is 0 Å². The number of sulfonamides is 1. The maximum absolute atomic E-state index is 12.8. The van der Waals surface area contributed by atoms with Crippen molar-refractivity contribution in [3.8, 4) is 5.75 Å². The van der Waals surface area contributed by atoms with Crippen molar-refractivity contribution in [1.82, 2.24) is 5.32 Å². The Hall–Kier alpha value is -2.00. The van der Waals surface area contributed by atoms with Crippen LogP contribution in [0.15, 0.2) is 41.3 Å². The summed E-state index contributed by atoms with van der Waals surface area (Å²) in [4.78, 5) is 12.1. The number of halogens is 2. The fourth-order valence-corrected chi connectivity index (χ4v) is 4.13. The summed E-state index contributed by atoms with van der Waals surface area (Å²) in [7, 11) is -1.20. The maximum atomic E-state index is 12.8. The molecule has 0 spiro atoms. The van der Waals surface area contributed by atoms with Crippen LogP contribution in [0.4, 0.5) is 5.69 Å². The van der Waals surface area contributed by atoms with Crippen molar-refractivity contribution in [3.05, 3.63) is 52.0 Å². The molecule has 2 aromatic rings. The molecule has 7 nitrogen and oxygen atoms in total. The summed E-state index contributed by atoms with van der Waals surface area (Å²) < 4.78 is 37.8. The average molecular weight is 433 g/mol. The molecule has 0 heterocycles. The number of nitrogens with one attached hydrogen (secondary N) is 2. The molecular formula is C17H18Cl2N2O5S. The molecule has 2 N–H and O–H groups in total. The number of amides is 1. The number of rotatable bonds is 8. The van der Waals surface area contributed by atoms with Crippen LogP contribution in [0.2, 0.25) is 10.0 Å². The molecule has 0 saturated heterocycles. The van der Waals surface area contributed by atoms with Gasteiger partial charge in [0.25, 0.3) is 15.9 Å². The van der Waals surface area contributed by atoms with Crippen molar-refractivity contribution in [2.24, 2.45) is 0 Å². The first-order valence-electron chi connectivity index (χ1n) is 7.72. The minimum atomic E-state index is -4.10. The van der Waals surface area contributed by atoms with E-state index in [1.807, 2.05) is 0 Å². The lowest BCUT2D eigenvalue weighted by molar-refractivity contribution is 0.0938. The van der Waals surface area contributed by atoms with Gasteiger partial charge in [0.15, 0.2) is 0 Å². The van der Waals surface area contributed by atoms with Crippen LogP contribution in [-0.4, -0.2) is 41.7 Å². The smallest absolute Gasteiger partial charge is 0.263 e. The molecule has 0 saturated carbocycles. The number of para-hydroxylation sites is 1. The third kappa shape index (κ3) is 5.04. The predicted octanol–water partition coefficient (Wildman–Crippen LogP) is 3.18. The zero-order valence-corrected chi connectivity index (χ0v) is 16.9. The van der Waals surface area contributed by atoms with Gasteiger partial charge in [-0.15, -0.1) is 0 Å². The van der Waals surface area contributed by atoms with Gasteiger partial charge in [-0.25, -0.2) is 8.42 Å². The number of methoxy groups -OCH3 is 2. The van der Waals surface area contributed by atoms with Gasteiger partial charge in [0.1, 0.15) is 15.7 Å². The fraction of sp³-hybridized carbons (Fsp3) is 0.235. The second-order valence-electron chi connectivity index (χ2n) is 5.29. The second-order valence-corrected chi connectivity index (χ2v) is 7.70. The Morgan fingerprint density at radius 2 is 1.78 bits per heavy atom. The monoisotopic (exact) mass is 432 g/mol. The van der Waals surface area contributed by atoms with E-state index in [9.17, 15) is 13.2 Å². The summed E-state index contributed by atoms with van der Waals surface area (Å²) in [5.41, 5.74) is 0.267. The number of carbonyl (C=O) groups excluding carboxylic acids is 1. The van der Waals surface area contributed by atoms with Crippen molar-refractivity contribution < 1.29 is 22.7 Å². The lowest BCUT2D eigenvalue weighted by Gasteiger charge is -2.14. The third-order valence-corrected chi connectivity index (χ3v) is 5.91. The van der Waals surface area contributed by atoms with Gasteiger partial charge in [-0.3, -0.25) is 9.52 Å². The van der Waals surface area contributed by atoms with E-state index in [0.29, 0.717) is 6.61 Å². The summed E-state index contributed by atoms with van der Waals surface area (Å²) in [6.07, 6.45) is 0. The number of anilines is 1. The SMILES string of the molecule is COCCNC(=O)c1ccccc1NS(=O)(=O)c1ccc(OC)c(Cl)c1Cl.